The largest absolute Gasteiger partial charge is 0.493 e. The number of carbonyl (C=O) groups is 1. The van der Waals surface area contributed by atoms with Crippen molar-refractivity contribution >= 4 is 6.29 Å². The third-order valence-electron chi connectivity index (χ3n) is 4.12. The zero-order valence-corrected chi connectivity index (χ0v) is 12.2. The summed E-state index contributed by atoms with van der Waals surface area (Å²) >= 11 is 0. The van der Waals surface area contributed by atoms with Gasteiger partial charge in [-0.3, -0.25) is 0 Å². The van der Waals surface area contributed by atoms with E-state index < -0.39 is 0 Å². The fourth-order valence-corrected chi connectivity index (χ4v) is 2.68. The maximum atomic E-state index is 10.8. The molecule has 0 saturated heterocycles. The fraction of sp³-hybridized carbons (Fsp3) is 0.588. The molecule has 0 radical (unpaired) electrons. The summed E-state index contributed by atoms with van der Waals surface area (Å²) in [6.45, 7) is 7.11. The Balaban J connectivity index is 2.19. The molecule has 2 rings (SSSR count). The first kappa shape index (κ1) is 14.1. The lowest BCUT2D eigenvalue weighted by atomic mass is 9.86. The minimum Gasteiger partial charge on any atom is -0.493 e. The van der Waals surface area contributed by atoms with Gasteiger partial charge in [-0.05, 0) is 49.7 Å². The second-order valence-corrected chi connectivity index (χ2v) is 5.91. The molecule has 19 heavy (non-hydrogen) atoms. The SMILES string of the molecule is Cc1cc(C)c(OCC2CCC2)c(C(C)CC=O)c1. The van der Waals surface area contributed by atoms with Gasteiger partial charge in [-0.2, -0.15) is 0 Å². The standard InChI is InChI=1S/C17H24O2/c1-12-9-14(3)17(19-11-15-5-4-6-15)16(10-12)13(2)7-8-18/h8-10,13,15H,4-7,11H2,1-3H3. The van der Waals surface area contributed by atoms with Gasteiger partial charge >= 0.3 is 0 Å². The Bertz CT molecular complexity index is 447. The Labute approximate surface area is 116 Å². The highest BCUT2D eigenvalue weighted by Crippen LogP contribution is 2.34. The summed E-state index contributed by atoms with van der Waals surface area (Å²) < 4.78 is 6.08. The van der Waals surface area contributed by atoms with Gasteiger partial charge in [0.05, 0.1) is 6.61 Å². The predicted molar refractivity (Wildman–Crippen MR) is 77.8 cm³/mol. The first-order chi connectivity index (χ1) is 9.11. The molecule has 104 valence electrons. The van der Waals surface area contributed by atoms with Crippen LogP contribution in [0.1, 0.15) is 55.2 Å². The first-order valence-corrected chi connectivity index (χ1v) is 7.29. The zero-order chi connectivity index (χ0) is 13.8. The molecule has 1 atom stereocenters. The van der Waals surface area contributed by atoms with Crippen molar-refractivity contribution in [3.05, 3.63) is 28.8 Å². The van der Waals surface area contributed by atoms with Gasteiger partial charge in [0.1, 0.15) is 12.0 Å². The molecule has 0 spiro atoms. The van der Waals surface area contributed by atoms with Crippen molar-refractivity contribution < 1.29 is 9.53 Å². The number of hydrogen-bond donors (Lipinski definition) is 0. The summed E-state index contributed by atoms with van der Waals surface area (Å²) in [4.78, 5) is 10.8. The maximum absolute atomic E-state index is 10.8. The summed E-state index contributed by atoms with van der Waals surface area (Å²) in [7, 11) is 0. The summed E-state index contributed by atoms with van der Waals surface area (Å²) in [6.07, 6.45) is 5.49. The van der Waals surface area contributed by atoms with Crippen molar-refractivity contribution in [3.8, 4) is 5.75 Å². The number of benzene rings is 1. The van der Waals surface area contributed by atoms with Crippen LogP contribution in [0, 0.1) is 19.8 Å². The minimum atomic E-state index is 0.229. The van der Waals surface area contributed by atoms with Crippen LogP contribution in [-0.2, 0) is 4.79 Å². The van der Waals surface area contributed by atoms with Gasteiger partial charge in [-0.15, -0.1) is 0 Å². The molecule has 0 aromatic heterocycles. The van der Waals surface area contributed by atoms with Crippen LogP contribution in [0.5, 0.6) is 5.75 Å². The van der Waals surface area contributed by atoms with Gasteiger partial charge in [0, 0.05) is 6.42 Å². The van der Waals surface area contributed by atoms with Gasteiger partial charge < -0.3 is 9.53 Å². The zero-order valence-electron chi connectivity index (χ0n) is 12.2. The van der Waals surface area contributed by atoms with Crippen molar-refractivity contribution in [1.82, 2.24) is 0 Å². The second-order valence-electron chi connectivity index (χ2n) is 5.91. The molecule has 1 saturated carbocycles. The summed E-state index contributed by atoms with van der Waals surface area (Å²) in [5.74, 6) is 1.97. The van der Waals surface area contributed by atoms with Crippen LogP contribution >= 0.6 is 0 Å². The van der Waals surface area contributed by atoms with Gasteiger partial charge in [0.2, 0.25) is 0 Å². The van der Waals surface area contributed by atoms with E-state index in [1.807, 2.05) is 0 Å². The third kappa shape index (κ3) is 3.37. The molecule has 1 aromatic carbocycles. The van der Waals surface area contributed by atoms with Crippen molar-refractivity contribution in [2.75, 3.05) is 6.61 Å². The van der Waals surface area contributed by atoms with Crippen LogP contribution in [0.2, 0.25) is 0 Å². The van der Waals surface area contributed by atoms with E-state index >= 15 is 0 Å². The van der Waals surface area contributed by atoms with Crippen molar-refractivity contribution in [3.63, 3.8) is 0 Å². The van der Waals surface area contributed by atoms with E-state index in [4.69, 9.17) is 4.74 Å². The molecular weight excluding hydrogens is 236 g/mol. The molecular formula is C17H24O2. The summed E-state index contributed by atoms with van der Waals surface area (Å²) in [5, 5.41) is 0. The molecule has 2 nitrogen and oxygen atoms in total. The maximum Gasteiger partial charge on any atom is 0.125 e. The van der Waals surface area contributed by atoms with Crippen LogP contribution in [0.25, 0.3) is 0 Å². The van der Waals surface area contributed by atoms with E-state index in [2.05, 4.69) is 32.9 Å². The lowest BCUT2D eigenvalue weighted by Gasteiger charge is -2.27. The lowest BCUT2D eigenvalue weighted by Crippen LogP contribution is -2.20. The Morgan fingerprint density at radius 2 is 2.11 bits per heavy atom. The summed E-state index contributed by atoms with van der Waals surface area (Å²) in [6, 6.07) is 4.32. The Kier molecular flexibility index (Phi) is 4.62. The van der Waals surface area contributed by atoms with Gasteiger partial charge in [-0.25, -0.2) is 0 Å². The molecule has 1 aliphatic rings. The minimum absolute atomic E-state index is 0.229. The number of hydrogen-bond acceptors (Lipinski definition) is 2. The highest BCUT2D eigenvalue weighted by atomic mass is 16.5. The fourth-order valence-electron chi connectivity index (χ4n) is 2.68. The molecule has 1 aromatic rings. The molecule has 0 bridgehead atoms. The number of rotatable bonds is 6. The van der Waals surface area contributed by atoms with E-state index in [9.17, 15) is 4.79 Å². The highest BCUT2D eigenvalue weighted by molar-refractivity contribution is 5.54. The van der Waals surface area contributed by atoms with E-state index in [0.717, 1.165) is 24.6 Å². The quantitative estimate of drug-likeness (QED) is 0.717. The molecule has 1 unspecified atom stereocenters. The molecule has 1 fully saturated rings. The van der Waals surface area contributed by atoms with Gasteiger partial charge in [0.15, 0.2) is 0 Å². The summed E-state index contributed by atoms with van der Waals surface area (Å²) in [5.41, 5.74) is 3.61. The number of aryl methyl sites for hydroxylation is 2. The van der Waals surface area contributed by atoms with Crippen LogP contribution in [0.4, 0.5) is 0 Å². The van der Waals surface area contributed by atoms with Crippen molar-refractivity contribution in [1.29, 1.82) is 0 Å². The van der Waals surface area contributed by atoms with Crippen molar-refractivity contribution in [2.24, 2.45) is 5.92 Å². The Morgan fingerprint density at radius 1 is 1.37 bits per heavy atom. The van der Waals surface area contributed by atoms with Crippen LogP contribution in [0.3, 0.4) is 0 Å². The normalized spacial score (nSPS) is 16.8. The predicted octanol–water partition coefficient (Wildman–Crippen LogP) is 4.17. The average molecular weight is 260 g/mol. The van der Waals surface area contributed by atoms with Gasteiger partial charge in [0.25, 0.3) is 0 Å². The van der Waals surface area contributed by atoms with E-state index in [1.165, 1.54) is 36.0 Å². The first-order valence-electron chi connectivity index (χ1n) is 7.29. The molecule has 2 heteroatoms. The van der Waals surface area contributed by atoms with Gasteiger partial charge in [-0.1, -0.05) is 31.0 Å². The highest BCUT2D eigenvalue weighted by Gasteiger charge is 2.20. The third-order valence-corrected chi connectivity index (χ3v) is 4.12. The number of carbonyl (C=O) groups excluding carboxylic acids is 1. The van der Waals surface area contributed by atoms with E-state index in [0.29, 0.717) is 6.42 Å². The molecule has 1 aliphatic carbocycles. The molecule has 0 amide bonds. The number of ether oxygens (including phenoxy) is 1. The van der Waals surface area contributed by atoms with E-state index in [-0.39, 0.29) is 5.92 Å². The Hall–Kier alpha value is -1.31. The number of aldehydes is 1. The average Bonchev–Trinajstić information content (AvgIpc) is 2.29. The monoisotopic (exact) mass is 260 g/mol. The van der Waals surface area contributed by atoms with Crippen molar-refractivity contribution in [2.45, 2.75) is 52.4 Å². The molecule has 0 aliphatic heterocycles. The van der Waals surface area contributed by atoms with Crippen LogP contribution in [0.15, 0.2) is 12.1 Å². The van der Waals surface area contributed by atoms with Crippen LogP contribution in [-0.4, -0.2) is 12.9 Å². The van der Waals surface area contributed by atoms with E-state index in [1.54, 1.807) is 0 Å². The second kappa shape index (κ2) is 6.23. The molecule has 0 N–H and O–H groups in total. The van der Waals surface area contributed by atoms with Crippen LogP contribution < -0.4 is 4.74 Å². The smallest absolute Gasteiger partial charge is 0.125 e. The topological polar surface area (TPSA) is 26.3 Å². The molecule has 0 heterocycles. The Morgan fingerprint density at radius 3 is 2.68 bits per heavy atom. The lowest BCUT2D eigenvalue weighted by molar-refractivity contribution is -0.108.